The molecule has 7 heteroatoms. The van der Waals surface area contributed by atoms with Gasteiger partial charge in [-0.2, -0.15) is 0 Å². The van der Waals surface area contributed by atoms with Crippen molar-refractivity contribution in [1.29, 1.82) is 0 Å². The second kappa shape index (κ2) is 9.04. The van der Waals surface area contributed by atoms with Crippen LogP contribution in [0.15, 0.2) is 18.2 Å². The van der Waals surface area contributed by atoms with Gasteiger partial charge in [0.1, 0.15) is 5.75 Å². The van der Waals surface area contributed by atoms with Gasteiger partial charge < -0.3 is 15.2 Å². The van der Waals surface area contributed by atoms with Gasteiger partial charge in [0.25, 0.3) is 5.91 Å². The lowest BCUT2D eigenvalue weighted by Crippen LogP contribution is -2.61. The maximum Gasteiger partial charge on any atom is 0.255 e. The second-order valence-corrected chi connectivity index (χ2v) is 7.53. The monoisotopic (exact) mass is 381 g/mol. The van der Waals surface area contributed by atoms with E-state index in [0.717, 1.165) is 45.0 Å². The van der Waals surface area contributed by atoms with Crippen LogP contribution in [0.2, 0.25) is 5.02 Å². The highest BCUT2D eigenvalue weighted by atomic mass is 35.5. The highest BCUT2D eigenvalue weighted by Crippen LogP contribution is 2.27. The molecule has 2 fully saturated rings. The third kappa shape index (κ3) is 4.88. The summed E-state index contributed by atoms with van der Waals surface area (Å²) in [5, 5.41) is 0.506. The minimum Gasteiger partial charge on any atom is -0.482 e. The fourth-order valence-electron chi connectivity index (χ4n) is 3.89. The number of amides is 1. The Labute approximate surface area is 160 Å². The number of halogens is 1. The van der Waals surface area contributed by atoms with Crippen molar-refractivity contribution < 1.29 is 14.3 Å². The van der Waals surface area contributed by atoms with Crippen molar-refractivity contribution in [1.82, 2.24) is 9.80 Å². The molecule has 2 atom stereocenters. The lowest BCUT2D eigenvalue weighted by atomic mass is 10.0. The van der Waals surface area contributed by atoms with Crippen LogP contribution in [-0.2, 0) is 16.1 Å². The van der Waals surface area contributed by atoms with Gasteiger partial charge in [0.2, 0.25) is 0 Å². The average molecular weight is 382 g/mol. The van der Waals surface area contributed by atoms with Crippen molar-refractivity contribution in [2.24, 2.45) is 5.73 Å². The zero-order valence-electron chi connectivity index (χ0n) is 15.3. The molecular weight excluding hydrogens is 354 g/mol. The number of morpholine rings is 1. The van der Waals surface area contributed by atoms with E-state index in [4.69, 9.17) is 26.8 Å². The predicted molar refractivity (Wildman–Crippen MR) is 101 cm³/mol. The van der Waals surface area contributed by atoms with E-state index in [1.54, 1.807) is 6.07 Å². The summed E-state index contributed by atoms with van der Waals surface area (Å²) < 4.78 is 11.1. The molecule has 2 aliphatic heterocycles. The Morgan fingerprint density at radius 1 is 1.38 bits per heavy atom. The molecule has 0 aliphatic carbocycles. The molecule has 6 nitrogen and oxygen atoms in total. The first-order chi connectivity index (χ1) is 12.6. The molecule has 2 N–H and O–H groups in total. The summed E-state index contributed by atoms with van der Waals surface area (Å²) in [4.78, 5) is 15.9. The molecule has 2 saturated heterocycles. The Balaban J connectivity index is 1.57. The van der Waals surface area contributed by atoms with E-state index in [1.807, 2.05) is 12.1 Å². The number of hydrogen-bond acceptors (Lipinski definition) is 5. The Hall–Kier alpha value is -1.34. The summed E-state index contributed by atoms with van der Waals surface area (Å²) in [6, 6.07) is 6.74. The number of carbonyl (C=O) groups excluding carboxylic acids is 1. The molecule has 1 amide bonds. The lowest BCUT2D eigenvalue weighted by Gasteiger charge is -2.48. The van der Waals surface area contributed by atoms with Crippen LogP contribution < -0.4 is 10.5 Å². The first-order valence-electron chi connectivity index (χ1n) is 9.32. The lowest BCUT2D eigenvalue weighted by molar-refractivity contribution is -0.119. The summed E-state index contributed by atoms with van der Waals surface area (Å²) >= 11 is 6.27. The van der Waals surface area contributed by atoms with Crippen molar-refractivity contribution in [3.05, 3.63) is 28.8 Å². The van der Waals surface area contributed by atoms with E-state index in [1.165, 1.54) is 12.8 Å². The van der Waals surface area contributed by atoms with Gasteiger partial charge in [-0.15, -0.1) is 0 Å². The van der Waals surface area contributed by atoms with Crippen LogP contribution in [0.5, 0.6) is 5.75 Å². The molecule has 1 aromatic carbocycles. The normalized spacial score (nSPS) is 24.2. The number of rotatable bonds is 7. The maximum absolute atomic E-state index is 10.8. The molecule has 2 heterocycles. The van der Waals surface area contributed by atoms with Gasteiger partial charge in [0.15, 0.2) is 6.61 Å². The SMILES string of the molecule is CCC[C@H]1COC[C@H]2CN(Cc3ccc(OCC(N)=O)c(Cl)c3)CCN12. The Kier molecular flexibility index (Phi) is 6.75. The van der Waals surface area contributed by atoms with Gasteiger partial charge in [-0.1, -0.05) is 31.0 Å². The highest BCUT2D eigenvalue weighted by Gasteiger charge is 2.34. The van der Waals surface area contributed by atoms with E-state index in [-0.39, 0.29) is 6.61 Å². The van der Waals surface area contributed by atoms with E-state index >= 15 is 0 Å². The molecule has 0 spiro atoms. The summed E-state index contributed by atoms with van der Waals surface area (Å²) in [5.41, 5.74) is 6.23. The van der Waals surface area contributed by atoms with Crippen LogP contribution in [-0.4, -0.2) is 67.2 Å². The van der Waals surface area contributed by atoms with Crippen LogP contribution in [0.1, 0.15) is 25.3 Å². The van der Waals surface area contributed by atoms with Crippen molar-refractivity contribution >= 4 is 17.5 Å². The number of benzene rings is 1. The zero-order chi connectivity index (χ0) is 18.5. The minimum absolute atomic E-state index is 0.165. The number of hydrogen-bond donors (Lipinski definition) is 1. The molecule has 0 radical (unpaired) electrons. The highest BCUT2D eigenvalue weighted by molar-refractivity contribution is 6.32. The molecule has 26 heavy (non-hydrogen) atoms. The molecule has 0 aromatic heterocycles. The molecule has 1 aromatic rings. The first-order valence-corrected chi connectivity index (χ1v) is 9.70. The van der Waals surface area contributed by atoms with Crippen molar-refractivity contribution in [3.8, 4) is 5.75 Å². The van der Waals surface area contributed by atoms with E-state index in [2.05, 4.69) is 16.7 Å². The Morgan fingerprint density at radius 3 is 2.96 bits per heavy atom. The third-order valence-corrected chi connectivity index (χ3v) is 5.39. The molecule has 0 saturated carbocycles. The van der Waals surface area contributed by atoms with Crippen LogP contribution in [0, 0.1) is 0 Å². The molecule has 144 valence electrons. The standard InChI is InChI=1S/C19H28ClN3O3/c1-2-3-15-11-25-12-16-10-22(6-7-23(15)16)9-14-4-5-18(17(20)8-14)26-13-19(21)24/h4-5,8,15-16H,2-3,6-7,9-13H2,1H3,(H2,21,24)/t15-,16+/m0/s1. The first kappa shape index (κ1) is 19.4. The summed E-state index contributed by atoms with van der Waals surface area (Å²) in [6.45, 7) is 7.75. The number of carbonyl (C=O) groups is 1. The molecule has 0 unspecified atom stereocenters. The van der Waals surface area contributed by atoms with Crippen LogP contribution in [0.3, 0.4) is 0 Å². The Morgan fingerprint density at radius 2 is 2.23 bits per heavy atom. The van der Waals surface area contributed by atoms with E-state index in [9.17, 15) is 4.79 Å². The quantitative estimate of drug-likeness (QED) is 0.781. The topological polar surface area (TPSA) is 68.0 Å². The van der Waals surface area contributed by atoms with Gasteiger partial charge >= 0.3 is 0 Å². The summed E-state index contributed by atoms with van der Waals surface area (Å²) in [6.07, 6.45) is 2.41. The smallest absolute Gasteiger partial charge is 0.255 e. The van der Waals surface area contributed by atoms with Crippen molar-refractivity contribution in [3.63, 3.8) is 0 Å². The average Bonchev–Trinajstić information content (AvgIpc) is 2.61. The zero-order valence-corrected chi connectivity index (χ0v) is 16.1. The third-order valence-electron chi connectivity index (χ3n) is 5.10. The van der Waals surface area contributed by atoms with Crippen molar-refractivity contribution in [2.45, 2.75) is 38.4 Å². The van der Waals surface area contributed by atoms with Crippen LogP contribution in [0.25, 0.3) is 0 Å². The van der Waals surface area contributed by atoms with Gasteiger partial charge in [-0.05, 0) is 24.1 Å². The van der Waals surface area contributed by atoms with Crippen LogP contribution in [0.4, 0.5) is 0 Å². The molecule has 3 rings (SSSR count). The van der Waals surface area contributed by atoms with Crippen LogP contribution >= 0.6 is 11.6 Å². The summed E-state index contributed by atoms with van der Waals surface area (Å²) in [7, 11) is 0. The van der Waals surface area contributed by atoms with Gasteiger partial charge in [0, 0.05) is 38.3 Å². The maximum atomic E-state index is 10.8. The largest absolute Gasteiger partial charge is 0.482 e. The fourth-order valence-corrected chi connectivity index (χ4v) is 4.15. The second-order valence-electron chi connectivity index (χ2n) is 7.13. The number of fused-ring (bicyclic) bond motifs is 1. The fraction of sp³-hybridized carbons (Fsp3) is 0.632. The molecule has 0 bridgehead atoms. The number of primary amides is 1. The summed E-state index contributed by atoms with van der Waals surface area (Å²) in [5.74, 6) is -0.0267. The molecule has 2 aliphatic rings. The van der Waals surface area contributed by atoms with E-state index in [0.29, 0.717) is 22.9 Å². The number of piperazine rings is 1. The number of nitrogens with two attached hydrogens (primary N) is 1. The minimum atomic E-state index is -0.515. The predicted octanol–water partition coefficient (Wildman–Crippen LogP) is 1.89. The van der Waals surface area contributed by atoms with E-state index < -0.39 is 5.91 Å². The number of ether oxygens (including phenoxy) is 2. The van der Waals surface area contributed by atoms with Crippen molar-refractivity contribution in [2.75, 3.05) is 39.5 Å². The Bertz CT molecular complexity index is 626. The van der Waals surface area contributed by atoms with Gasteiger partial charge in [-0.25, -0.2) is 0 Å². The number of nitrogens with zero attached hydrogens (tertiary/aromatic N) is 2. The van der Waals surface area contributed by atoms with Gasteiger partial charge in [-0.3, -0.25) is 14.6 Å². The van der Waals surface area contributed by atoms with Gasteiger partial charge in [0.05, 0.1) is 18.2 Å². The molecular formula is C19H28ClN3O3.